The van der Waals surface area contributed by atoms with Gasteiger partial charge in [0.2, 0.25) is 0 Å². The Labute approximate surface area is 119 Å². The third-order valence-electron chi connectivity index (χ3n) is 6.25. The number of rotatable bonds is 2. The molecule has 0 amide bonds. The van der Waals surface area contributed by atoms with Gasteiger partial charge in [0, 0.05) is 24.2 Å². The molecule has 3 fully saturated rings. The average molecular weight is 264 g/mol. The minimum atomic E-state index is 0.540. The second-order valence-electron chi connectivity index (χ2n) is 7.89. The molecule has 19 heavy (non-hydrogen) atoms. The van der Waals surface area contributed by atoms with Crippen molar-refractivity contribution in [3.05, 3.63) is 0 Å². The molecule has 2 heterocycles. The summed E-state index contributed by atoms with van der Waals surface area (Å²) in [7, 11) is 2.15. The van der Waals surface area contributed by atoms with Gasteiger partial charge in [0.1, 0.15) is 0 Å². The molecule has 0 spiro atoms. The minimum Gasteiger partial charge on any atom is -0.317 e. The SMILES string of the molecule is CNC1CC2CCCC(C1)N2C1CCCCC1(C)C. The molecule has 1 aliphatic carbocycles. The Hall–Kier alpha value is -0.0800. The second-order valence-corrected chi connectivity index (χ2v) is 7.89. The van der Waals surface area contributed by atoms with Gasteiger partial charge in [-0.3, -0.25) is 4.90 Å². The van der Waals surface area contributed by atoms with E-state index < -0.39 is 0 Å². The van der Waals surface area contributed by atoms with Crippen LogP contribution in [0.4, 0.5) is 0 Å². The first-order valence-corrected chi connectivity index (χ1v) is 8.56. The molecule has 1 N–H and O–H groups in total. The third-order valence-corrected chi connectivity index (χ3v) is 6.25. The predicted molar refractivity (Wildman–Crippen MR) is 81.4 cm³/mol. The summed E-state index contributed by atoms with van der Waals surface area (Å²) in [5.41, 5.74) is 0.540. The summed E-state index contributed by atoms with van der Waals surface area (Å²) in [6.45, 7) is 5.05. The molecule has 3 aliphatic rings. The summed E-state index contributed by atoms with van der Waals surface area (Å²) >= 11 is 0. The number of fused-ring (bicyclic) bond motifs is 2. The number of hydrogen-bond acceptors (Lipinski definition) is 2. The van der Waals surface area contributed by atoms with Crippen molar-refractivity contribution in [1.29, 1.82) is 0 Å². The summed E-state index contributed by atoms with van der Waals surface area (Å²) in [6, 6.07) is 3.37. The van der Waals surface area contributed by atoms with Gasteiger partial charge in [0.05, 0.1) is 0 Å². The smallest absolute Gasteiger partial charge is 0.0152 e. The first-order chi connectivity index (χ1) is 9.12. The quantitative estimate of drug-likeness (QED) is 0.820. The van der Waals surface area contributed by atoms with Crippen LogP contribution in [0.5, 0.6) is 0 Å². The van der Waals surface area contributed by atoms with E-state index in [4.69, 9.17) is 0 Å². The molecule has 2 nitrogen and oxygen atoms in total. The highest BCUT2D eigenvalue weighted by Crippen LogP contribution is 2.45. The van der Waals surface area contributed by atoms with Gasteiger partial charge >= 0.3 is 0 Å². The molecule has 2 saturated heterocycles. The largest absolute Gasteiger partial charge is 0.317 e. The summed E-state index contributed by atoms with van der Waals surface area (Å²) < 4.78 is 0. The molecule has 0 radical (unpaired) electrons. The standard InChI is InChI=1S/C17H32N2/c1-17(2)10-5-4-9-16(17)19-14-7-6-8-15(19)12-13(11-14)18-3/h13-16,18H,4-12H2,1-3H3. The van der Waals surface area contributed by atoms with E-state index in [1.54, 1.807) is 0 Å². The van der Waals surface area contributed by atoms with Crippen molar-refractivity contribution in [1.82, 2.24) is 10.2 Å². The first kappa shape index (κ1) is 13.9. The monoisotopic (exact) mass is 264 g/mol. The molecule has 2 aliphatic heterocycles. The van der Waals surface area contributed by atoms with Crippen LogP contribution in [-0.2, 0) is 0 Å². The fourth-order valence-electron chi connectivity index (χ4n) is 5.19. The Morgan fingerprint density at radius 2 is 1.63 bits per heavy atom. The molecule has 1 saturated carbocycles. The molecule has 0 aromatic carbocycles. The van der Waals surface area contributed by atoms with Gasteiger partial charge < -0.3 is 5.32 Å². The summed E-state index contributed by atoms with van der Waals surface area (Å²) in [4.78, 5) is 3.00. The maximum atomic E-state index is 3.55. The Balaban J connectivity index is 1.79. The Kier molecular flexibility index (Phi) is 3.92. The van der Waals surface area contributed by atoms with Gasteiger partial charge in [-0.05, 0) is 51.0 Å². The molecule has 0 aromatic heterocycles. The van der Waals surface area contributed by atoms with Gasteiger partial charge in [-0.15, -0.1) is 0 Å². The van der Waals surface area contributed by atoms with Crippen LogP contribution >= 0.6 is 0 Å². The molecule has 0 aromatic rings. The lowest BCUT2D eigenvalue weighted by Crippen LogP contribution is -2.62. The number of nitrogens with one attached hydrogen (secondary N) is 1. The zero-order valence-corrected chi connectivity index (χ0v) is 13.1. The van der Waals surface area contributed by atoms with E-state index in [1.807, 2.05) is 0 Å². The van der Waals surface area contributed by atoms with E-state index in [0.717, 1.165) is 24.2 Å². The molecule has 110 valence electrons. The molecule has 2 heteroatoms. The van der Waals surface area contributed by atoms with Gasteiger partial charge in [-0.2, -0.15) is 0 Å². The van der Waals surface area contributed by atoms with Crippen molar-refractivity contribution in [3.63, 3.8) is 0 Å². The Morgan fingerprint density at radius 3 is 2.21 bits per heavy atom. The van der Waals surface area contributed by atoms with E-state index in [-0.39, 0.29) is 0 Å². The van der Waals surface area contributed by atoms with Crippen LogP contribution in [-0.4, -0.2) is 36.1 Å². The zero-order chi connectivity index (χ0) is 13.5. The van der Waals surface area contributed by atoms with E-state index >= 15 is 0 Å². The minimum absolute atomic E-state index is 0.540. The van der Waals surface area contributed by atoms with Crippen LogP contribution < -0.4 is 5.32 Å². The van der Waals surface area contributed by atoms with E-state index in [9.17, 15) is 0 Å². The average Bonchev–Trinajstić information content (AvgIpc) is 2.37. The number of hydrogen-bond donors (Lipinski definition) is 1. The lowest BCUT2D eigenvalue weighted by atomic mass is 9.69. The predicted octanol–water partition coefficient (Wildman–Crippen LogP) is 3.56. The highest BCUT2D eigenvalue weighted by Gasteiger charge is 2.46. The van der Waals surface area contributed by atoms with Crippen LogP contribution in [0.3, 0.4) is 0 Å². The second kappa shape index (κ2) is 5.37. The summed E-state index contributed by atoms with van der Waals surface area (Å²) in [6.07, 6.45) is 12.9. The molecule has 3 unspecified atom stereocenters. The van der Waals surface area contributed by atoms with E-state index in [1.165, 1.54) is 57.8 Å². The van der Waals surface area contributed by atoms with Crippen LogP contribution in [0.25, 0.3) is 0 Å². The van der Waals surface area contributed by atoms with Crippen molar-refractivity contribution in [2.75, 3.05) is 7.05 Å². The molecular formula is C17H32N2. The zero-order valence-electron chi connectivity index (χ0n) is 13.1. The Bertz CT molecular complexity index is 298. The summed E-state index contributed by atoms with van der Waals surface area (Å²) in [5.74, 6) is 0. The maximum Gasteiger partial charge on any atom is 0.0152 e. The highest BCUT2D eigenvalue weighted by molar-refractivity contribution is 5.01. The first-order valence-electron chi connectivity index (χ1n) is 8.56. The number of nitrogens with zero attached hydrogens (tertiary/aromatic N) is 1. The van der Waals surface area contributed by atoms with Crippen LogP contribution in [0.1, 0.15) is 71.6 Å². The molecule has 3 atom stereocenters. The van der Waals surface area contributed by atoms with Crippen molar-refractivity contribution >= 4 is 0 Å². The lowest BCUT2D eigenvalue weighted by Gasteiger charge is -2.57. The molecular weight excluding hydrogens is 232 g/mol. The fourth-order valence-corrected chi connectivity index (χ4v) is 5.19. The normalized spacial score (nSPS) is 43.1. The van der Waals surface area contributed by atoms with E-state index in [0.29, 0.717) is 5.41 Å². The summed E-state index contributed by atoms with van der Waals surface area (Å²) in [5, 5.41) is 3.55. The van der Waals surface area contributed by atoms with Gasteiger partial charge in [0.15, 0.2) is 0 Å². The van der Waals surface area contributed by atoms with Crippen molar-refractivity contribution in [2.24, 2.45) is 5.41 Å². The fraction of sp³-hybridized carbons (Fsp3) is 1.00. The topological polar surface area (TPSA) is 15.3 Å². The molecule has 3 rings (SSSR count). The van der Waals surface area contributed by atoms with E-state index in [2.05, 4.69) is 31.1 Å². The van der Waals surface area contributed by atoms with Crippen LogP contribution in [0, 0.1) is 5.41 Å². The van der Waals surface area contributed by atoms with Crippen molar-refractivity contribution in [2.45, 2.75) is 95.8 Å². The van der Waals surface area contributed by atoms with Crippen LogP contribution in [0.15, 0.2) is 0 Å². The number of piperidine rings is 2. The van der Waals surface area contributed by atoms with Gasteiger partial charge in [-0.25, -0.2) is 0 Å². The molecule has 2 bridgehead atoms. The van der Waals surface area contributed by atoms with Gasteiger partial charge in [0.25, 0.3) is 0 Å². The lowest BCUT2D eigenvalue weighted by molar-refractivity contribution is -0.0647. The van der Waals surface area contributed by atoms with Crippen molar-refractivity contribution < 1.29 is 0 Å². The van der Waals surface area contributed by atoms with Crippen LogP contribution in [0.2, 0.25) is 0 Å². The highest BCUT2D eigenvalue weighted by atomic mass is 15.3. The maximum absolute atomic E-state index is 3.55. The van der Waals surface area contributed by atoms with Crippen molar-refractivity contribution in [3.8, 4) is 0 Å². The van der Waals surface area contributed by atoms with Gasteiger partial charge in [-0.1, -0.05) is 33.1 Å². The third kappa shape index (κ3) is 2.58. The Morgan fingerprint density at radius 1 is 0.947 bits per heavy atom.